The zero-order valence-corrected chi connectivity index (χ0v) is 11.7. The molecule has 0 aliphatic heterocycles. The molecule has 0 aliphatic rings. The monoisotopic (exact) mass is 275 g/mol. The molecule has 2 aromatic rings. The van der Waals surface area contributed by atoms with Gasteiger partial charge in [0.05, 0.1) is 0 Å². The van der Waals surface area contributed by atoms with Gasteiger partial charge in [0.25, 0.3) is 0 Å². The quantitative estimate of drug-likeness (QED) is 0.822. The highest BCUT2D eigenvalue weighted by molar-refractivity contribution is 5.30. The zero-order valence-electron chi connectivity index (χ0n) is 11.7. The molecule has 0 atom stereocenters. The van der Waals surface area contributed by atoms with Gasteiger partial charge in [-0.25, -0.2) is 14.4 Å². The van der Waals surface area contributed by atoms with Crippen molar-refractivity contribution in [2.75, 3.05) is 6.54 Å². The molecule has 1 heterocycles. The lowest BCUT2D eigenvalue weighted by Crippen LogP contribution is -2.14. The van der Waals surface area contributed by atoms with Gasteiger partial charge in [-0.15, -0.1) is 0 Å². The van der Waals surface area contributed by atoms with Crippen molar-refractivity contribution in [2.45, 2.75) is 26.8 Å². The molecule has 20 heavy (non-hydrogen) atoms. The highest BCUT2D eigenvalue weighted by Gasteiger charge is 2.03. The van der Waals surface area contributed by atoms with Crippen molar-refractivity contribution in [3.05, 3.63) is 47.5 Å². The topological polar surface area (TPSA) is 47.0 Å². The van der Waals surface area contributed by atoms with E-state index in [1.807, 2.05) is 0 Å². The molecular weight excluding hydrogens is 257 g/mol. The summed E-state index contributed by atoms with van der Waals surface area (Å²) in [6.07, 6.45) is 4.54. The molecule has 5 heteroatoms. The van der Waals surface area contributed by atoms with Crippen LogP contribution in [0.1, 0.15) is 24.5 Å². The van der Waals surface area contributed by atoms with Crippen LogP contribution in [-0.2, 0) is 6.54 Å². The van der Waals surface area contributed by atoms with Gasteiger partial charge in [-0.05, 0) is 43.7 Å². The van der Waals surface area contributed by atoms with Crippen LogP contribution in [0.25, 0.3) is 0 Å². The van der Waals surface area contributed by atoms with Crippen molar-refractivity contribution in [3.8, 4) is 11.8 Å². The molecule has 0 radical (unpaired) electrons. The average molecular weight is 275 g/mol. The Hall–Kier alpha value is -2.01. The summed E-state index contributed by atoms with van der Waals surface area (Å²) in [5.41, 5.74) is 1.53. The fourth-order valence-corrected chi connectivity index (χ4v) is 1.68. The largest absolute Gasteiger partial charge is 0.424 e. The van der Waals surface area contributed by atoms with Crippen LogP contribution >= 0.6 is 0 Å². The van der Waals surface area contributed by atoms with Gasteiger partial charge in [0.1, 0.15) is 11.6 Å². The maximum absolute atomic E-state index is 13.1. The molecule has 0 fully saturated rings. The predicted octanol–water partition coefficient (Wildman–Crippen LogP) is 3.22. The molecule has 0 amide bonds. The Balaban J connectivity index is 1.97. The number of aromatic nitrogens is 2. The minimum absolute atomic E-state index is 0.254. The first-order chi connectivity index (χ1) is 9.69. The minimum Gasteiger partial charge on any atom is -0.424 e. The summed E-state index contributed by atoms with van der Waals surface area (Å²) in [7, 11) is 0. The third kappa shape index (κ3) is 3.99. The van der Waals surface area contributed by atoms with E-state index in [2.05, 4.69) is 22.2 Å². The third-order valence-electron chi connectivity index (χ3n) is 2.78. The highest BCUT2D eigenvalue weighted by Crippen LogP contribution is 2.20. The number of nitrogens with one attached hydrogen (secondary N) is 1. The van der Waals surface area contributed by atoms with Crippen LogP contribution in [0.3, 0.4) is 0 Å². The summed E-state index contributed by atoms with van der Waals surface area (Å²) in [4.78, 5) is 8.28. The van der Waals surface area contributed by atoms with Gasteiger partial charge in [0.2, 0.25) is 0 Å². The lowest BCUT2D eigenvalue weighted by molar-refractivity contribution is 0.438. The van der Waals surface area contributed by atoms with Crippen LogP contribution < -0.4 is 10.1 Å². The van der Waals surface area contributed by atoms with Gasteiger partial charge in [-0.3, -0.25) is 0 Å². The van der Waals surface area contributed by atoms with E-state index in [0.717, 1.165) is 25.1 Å². The number of halogens is 1. The standard InChI is InChI=1S/C15H18FN3O/c1-3-6-17-8-12-9-18-15(19-10-12)20-13-4-5-14(16)11(2)7-13/h4-5,7,9-10,17H,3,6,8H2,1-2H3. The van der Waals surface area contributed by atoms with E-state index in [-0.39, 0.29) is 11.8 Å². The molecule has 1 aromatic carbocycles. The van der Waals surface area contributed by atoms with Crippen LogP contribution in [-0.4, -0.2) is 16.5 Å². The molecule has 4 nitrogen and oxygen atoms in total. The Morgan fingerprint density at radius 2 is 2.00 bits per heavy atom. The fourth-order valence-electron chi connectivity index (χ4n) is 1.68. The van der Waals surface area contributed by atoms with E-state index < -0.39 is 0 Å². The van der Waals surface area contributed by atoms with E-state index in [4.69, 9.17) is 4.74 Å². The summed E-state index contributed by atoms with van der Waals surface area (Å²) in [5, 5.41) is 3.27. The maximum atomic E-state index is 13.1. The molecule has 0 saturated carbocycles. The van der Waals surface area contributed by atoms with E-state index >= 15 is 0 Å². The Labute approximate surface area is 118 Å². The molecule has 0 aliphatic carbocycles. The van der Waals surface area contributed by atoms with E-state index in [1.54, 1.807) is 31.5 Å². The summed E-state index contributed by atoms with van der Waals surface area (Å²) < 4.78 is 18.6. The summed E-state index contributed by atoms with van der Waals surface area (Å²) in [6, 6.07) is 4.81. The zero-order chi connectivity index (χ0) is 14.4. The van der Waals surface area contributed by atoms with Crippen LogP contribution in [0.2, 0.25) is 0 Å². The molecule has 106 valence electrons. The maximum Gasteiger partial charge on any atom is 0.321 e. The van der Waals surface area contributed by atoms with Crippen molar-refractivity contribution in [2.24, 2.45) is 0 Å². The molecule has 0 spiro atoms. The van der Waals surface area contributed by atoms with E-state index in [0.29, 0.717) is 11.3 Å². The average Bonchev–Trinajstić information content (AvgIpc) is 2.45. The second kappa shape index (κ2) is 6.96. The molecular formula is C15H18FN3O. The third-order valence-corrected chi connectivity index (χ3v) is 2.78. The Bertz CT molecular complexity index is 558. The van der Waals surface area contributed by atoms with E-state index in [9.17, 15) is 4.39 Å². The Kier molecular flexibility index (Phi) is 5.01. The molecule has 1 N–H and O–H groups in total. The number of benzene rings is 1. The van der Waals surface area contributed by atoms with Crippen LogP contribution in [0.15, 0.2) is 30.6 Å². The second-order valence-corrected chi connectivity index (χ2v) is 4.56. The van der Waals surface area contributed by atoms with Crippen LogP contribution in [0.5, 0.6) is 11.8 Å². The number of nitrogens with zero attached hydrogens (tertiary/aromatic N) is 2. The lowest BCUT2D eigenvalue weighted by Gasteiger charge is -2.06. The fraction of sp³-hybridized carbons (Fsp3) is 0.333. The predicted molar refractivity (Wildman–Crippen MR) is 75.2 cm³/mol. The highest BCUT2D eigenvalue weighted by atomic mass is 19.1. The van der Waals surface area contributed by atoms with E-state index in [1.165, 1.54) is 6.07 Å². The van der Waals surface area contributed by atoms with Crippen molar-refractivity contribution in [1.82, 2.24) is 15.3 Å². The van der Waals surface area contributed by atoms with Gasteiger partial charge in [-0.1, -0.05) is 6.92 Å². The first-order valence-electron chi connectivity index (χ1n) is 6.64. The minimum atomic E-state index is -0.254. The van der Waals surface area contributed by atoms with Crippen molar-refractivity contribution >= 4 is 0 Å². The number of rotatable bonds is 6. The van der Waals surface area contributed by atoms with Crippen molar-refractivity contribution in [3.63, 3.8) is 0 Å². The molecule has 0 bridgehead atoms. The number of aryl methyl sites for hydroxylation is 1. The number of hydrogen-bond donors (Lipinski definition) is 1. The number of hydrogen-bond acceptors (Lipinski definition) is 4. The van der Waals surface area contributed by atoms with Crippen LogP contribution in [0, 0.1) is 12.7 Å². The van der Waals surface area contributed by atoms with Gasteiger partial charge < -0.3 is 10.1 Å². The first kappa shape index (κ1) is 14.4. The molecule has 1 aromatic heterocycles. The van der Waals surface area contributed by atoms with Crippen molar-refractivity contribution < 1.29 is 9.13 Å². The van der Waals surface area contributed by atoms with Crippen LogP contribution in [0.4, 0.5) is 4.39 Å². The number of ether oxygens (including phenoxy) is 1. The molecule has 0 saturated heterocycles. The smallest absolute Gasteiger partial charge is 0.321 e. The second-order valence-electron chi connectivity index (χ2n) is 4.56. The lowest BCUT2D eigenvalue weighted by atomic mass is 10.2. The van der Waals surface area contributed by atoms with Gasteiger partial charge in [0, 0.05) is 24.5 Å². The Morgan fingerprint density at radius 3 is 2.65 bits per heavy atom. The Morgan fingerprint density at radius 1 is 1.25 bits per heavy atom. The van der Waals surface area contributed by atoms with Gasteiger partial charge in [0.15, 0.2) is 0 Å². The summed E-state index contributed by atoms with van der Waals surface area (Å²) >= 11 is 0. The van der Waals surface area contributed by atoms with Gasteiger partial charge in [-0.2, -0.15) is 0 Å². The molecule has 2 rings (SSSR count). The summed E-state index contributed by atoms with van der Waals surface area (Å²) in [6.45, 7) is 5.51. The normalized spacial score (nSPS) is 10.6. The first-order valence-corrected chi connectivity index (χ1v) is 6.64. The SMILES string of the molecule is CCCNCc1cnc(Oc2ccc(F)c(C)c2)nc1. The molecule has 0 unspecified atom stereocenters. The van der Waals surface area contributed by atoms with Crippen molar-refractivity contribution in [1.29, 1.82) is 0 Å². The summed E-state index contributed by atoms with van der Waals surface area (Å²) in [5.74, 6) is 0.274. The van der Waals surface area contributed by atoms with Gasteiger partial charge >= 0.3 is 6.01 Å².